The third-order valence-electron chi connectivity index (χ3n) is 11.6. The molecule has 4 unspecified atom stereocenters. The van der Waals surface area contributed by atoms with E-state index in [-0.39, 0.29) is 58.1 Å². The molecule has 1 saturated heterocycles. The number of anilines is 1. The van der Waals surface area contributed by atoms with Gasteiger partial charge in [-0.3, -0.25) is 14.4 Å². The predicted molar refractivity (Wildman–Crippen MR) is 205 cm³/mol. The summed E-state index contributed by atoms with van der Waals surface area (Å²) < 4.78 is 88.8. The summed E-state index contributed by atoms with van der Waals surface area (Å²) in [5.74, 6) is -16.8. The van der Waals surface area contributed by atoms with Gasteiger partial charge >= 0.3 is 11.4 Å². The van der Waals surface area contributed by atoms with Crippen LogP contribution in [-0.4, -0.2) is 64.4 Å². The Labute approximate surface area is 344 Å². The van der Waals surface area contributed by atoms with Gasteiger partial charge in [-0.15, -0.1) is 23.2 Å². The molecule has 2 amide bonds. The first-order valence-electron chi connectivity index (χ1n) is 18.1. The number of hydrogen-bond acceptors (Lipinski definition) is 9. The summed E-state index contributed by atoms with van der Waals surface area (Å²) in [5, 5.41) is 10.6. The first-order chi connectivity index (χ1) is 28.2. The van der Waals surface area contributed by atoms with Gasteiger partial charge in [-0.05, 0) is 36.1 Å². The summed E-state index contributed by atoms with van der Waals surface area (Å²) in [7, 11) is 4.36. The van der Waals surface area contributed by atoms with Crippen molar-refractivity contribution in [2.45, 2.75) is 61.5 Å². The number of imide groups is 1. The second-order valence-corrected chi connectivity index (χ2v) is 16.0. The summed E-state index contributed by atoms with van der Waals surface area (Å²) in [6.07, 6.45) is 0.442. The van der Waals surface area contributed by atoms with E-state index < -0.39 is 91.7 Å². The van der Waals surface area contributed by atoms with Gasteiger partial charge in [-0.1, -0.05) is 18.2 Å². The smallest absolute Gasteiger partial charge is 0.347 e. The lowest BCUT2D eigenvalue weighted by Gasteiger charge is -2.49. The number of phenols is 1. The van der Waals surface area contributed by atoms with Crippen molar-refractivity contribution in [1.29, 1.82) is 0 Å². The number of aromatic hydroxyl groups is 1. The van der Waals surface area contributed by atoms with Crippen LogP contribution >= 0.6 is 23.2 Å². The molecular formula is C39H31Cl2F5N6O8. The van der Waals surface area contributed by atoms with Crippen LogP contribution in [0.3, 0.4) is 0 Å². The predicted octanol–water partition coefficient (Wildman–Crippen LogP) is 4.53. The lowest BCUT2D eigenvalue weighted by atomic mass is 9.64. The Morgan fingerprint density at radius 1 is 0.850 bits per heavy atom. The summed E-state index contributed by atoms with van der Waals surface area (Å²) in [4.78, 5) is 69.4. The van der Waals surface area contributed by atoms with Crippen molar-refractivity contribution >= 4 is 51.7 Å². The molecule has 0 radical (unpaired) electrons. The van der Waals surface area contributed by atoms with Crippen molar-refractivity contribution in [3.05, 3.63) is 119 Å². The molecular weight excluding hydrogens is 846 g/mol. The van der Waals surface area contributed by atoms with Crippen LogP contribution in [0.1, 0.15) is 40.8 Å². The number of ether oxygens (including phenoxy) is 2. The fraction of sp³-hybridized carbons (Fsp3) is 0.333. The highest BCUT2D eigenvalue weighted by Gasteiger charge is 2.76. The first kappa shape index (κ1) is 40.8. The zero-order valence-corrected chi connectivity index (χ0v) is 33.5. The van der Waals surface area contributed by atoms with Crippen LogP contribution in [0.25, 0.3) is 11.0 Å². The minimum Gasteiger partial charge on any atom is -0.507 e. The number of carbonyl (C=O) groups is 2. The number of fused-ring (bicyclic) bond motifs is 5. The van der Waals surface area contributed by atoms with E-state index in [0.717, 1.165) is 13.9 Å². The van der Waals surface area contributed by atoms with E-state index in [9.17, 15) is 42.3 Å². The summed E-state index contributed by atoms with van der Waals surface area (Å²) in [6, 6.07) is 4.54. The average Bonchev–Trinajstić information content (AvgIpc) is 3.55. The summed E-state index contributed by atoms with van der Waals surface area (Å²) in [6.45, 7) is 2.33. The topological polar surface area (TPSA) is 160 Å². The fourth-order valence-corrected chi connectivity index (χ4v) is 9.60. The molecule has 14 nitrogen and oxygen atoms in total. The van der Waals surface area contributed by atoms with Crippen molar-refractivity contribution in [1.82, 2.24) is 23.5 Å². The highest BCUT2D eigenvalue weighted by atomic mass is 35.5. The largest absolute Gasteiger partial charge is 0.507 e. The Morgan fingerprint density at radius 3 is 2.03 bits per heavy atom. The molecule has 3 aliphatic rings. The van der Waals surface area contributed by atoms with E-state index in [1.807, 2.05) is 0 Å². The number of alkyl halides is 2. The standard InChI is InChI=1S/C39H31Cl2F5N6O8/c1-15-10-17(11-16(2)32(15)53)25-18-6-9-50-36(57)49(8-7-19-33(54)48(3)21-13-24(60-5)23(59-4)12-20(21)47-19)37(58)52(50)22(18)14-38(40)34(55)51(35(56)39(25,38)41)31-29(45)27(43)26(42)28(44)30(31)46/h6,10-13,22,25,53H,7-9,14H2,1-5H3. The molecule has 5 aromatic rings. The third kappa shape index (κ3) is 5.30. The van der Waals surface area contributed by atoms with Gasteiger partial charge in [0.25, 0.3) is 17.4 Å². The van der Waals surface area contributed by atoms with Gasteiger partial charge in [0.2, 0.25) is 5.82 Å². The zero-order valence-electron chi connectivity index (χ0n) is 32.0. The van der Waals surface area contributed by atoms with Crippen LogP contribution in [0.5, 0.6) is 17.2 Å². The molecule has 4 atom stereocenters. The number of aryl methyl sites for hydroxylation is 4. The number of aromatic nitrogens is 5. The quantitative estimate of drug-likeness (QED) is 0.0619. The second kappa shape index (κ2) is 13.8. The number of phenolic OH excluding ortho intramolecular Hbond substituents is 1. The number of hydrogen-bond donors (Lipinski definition) is 1. The Bertz CT molecular complexity index is 2950. The van der Waals surface area contributed by atoms with Crippen molar-refractivity contribution < 1.29 is 46.1 Å². The van der Waals surface area contributed by atoms with Gasteiger partial charge < -0.3 is 19.1 Å². The number of carbonyl (C=O) groups excluding carboxylic acids is 2. The fourth-order valence-electron chi connectivity index (χ4n) is 8.69. The van der Waals surface area contributed by atoms with Crippen LogP contribution in [-0.2, 0) is 36.1 Å². The van der Waals surface area contributed by atoms with Gasteiger partial charge in [0.15, 0.2) is 44.5 Å². The van der Waals surface area contributed by atoms with E-state index in [4.69, 9.17) is 32.7 Å². The van der Waals surface area contributed by atoms with E-state index in [0.29, 0.717) is 22.5 Å². The van der Waals surface area contributed by atoms with Crippen LogP contribution in [0.15, 0.2) is 50.3 Å². The van der Waals surface area contributed by atoms with Gasteiger partial charge in [-0.25, -0.2) is 55.4 Å². The van der Waals surface area contributed by atoms with Gasteiger partial charge in [0.1, 0.15) is 17.1 Å². The number of benzene rings is 3. The lowest BCUT2D eigenvalue weighted by molar-refractivity contribution is -0.122. The molecule has 2 aliphatic heterocycles. The molecule has 0 spiro atoms. The Hall–Kier alpha value is -5.95. The van der Waals surface area contributed by atoms with E-state index >= 15 is 8.78 Å². The maximum absolute atomic E-state index is 15.4. The summed E-state index contributed by atoms with van der Waals surface area (Å²) >= 11 is 14.4. The zero-order chi connectivity index (χ0) is 43.7. The molecule has 2 aromatic heterocycles. The van der Waals surface area contributed by atoms with Crippen LogP contribution in [0.4, 0.5) is 27.6 Å². The molecule has 8 rings (SSSR count). The van der Waals surface area contributed by atoms with E-state index in [1.165, 1.54) is 57.9 Å². The first-order valence-corrected chi connectivity index (χ1v) is 18.8. The number of amides is 2. The highest BCUT2D eigenvalue weighted by molar-refractivity contribution is 6.58. The van der Waals surface area contributed by atoms with Crippen LogP contribution in [0.2, 0.25) is 0 Å². The van der Waals surface area contributed by atoms with Gasteiger partial charge in [-0.2, -0.15) is 0 Å². The second-order valence-electron chi connectivity index (χ2n) is 14.7. The number of nitrogens with zero attached hydrogens (tertiary/aromatic N) is 6. The molecule has 0 bridgehead atoms. The molecule has 314 valence electrons. The maximum Gasteiger partial charge on any atom is 0.347 e. The van der Waals surface area contributed by atoms with Crippen molar-refractivity contribution in [2.24, 2.45) is 7.05 Å². The lowest BCUT2D eigenvalue weighted by Crippen LogP contribution is -2.59. The van der Waals surface area contributed by atoms with Crippen LogP contribution in [0, 0.1) is 42.9 Å². The van der Waals surface area contributed by atoms with Crippen LogP contribution < -0.4 is 31.3 Å². The Morgan fingerprint density at radius 2 is 1.43 bits per heavy atom. The Balaban J connectivity index is 1.27. The molecule has 1 saturated carbocycles. The number of halogens is 7. The highest BCUT2D eigenvalue weighted by Crippen LogP contribution is 2.64. The SMILES string of the molecule is COc1cc2nc(CCn3c(=O)n4n(c3=O)C3CC5(Cl)C(=O)N(c6c(F)c(F)c(F)c(F)c6F)C(=O)C5(Cl)C(c5cc(C)c(O)c(C)c5)C3=CC4)c(=O)n(C)c2cc1OC. The van der Waals surface area contributed by atoms with E-state index in [2.05, 4.69) is 4.98 Å². The molecule has 1 N–H and O–H groups in total. The van der Waals surface area contributed by atoms with Crippen molar-refractivity contribution in [2.75, 3.05) is 19.1 Å². The summed E-state index contributed by atoms with van der Waals surface area (Å²) in [5.41, 5.74) is -2.73. The molecule has 21 heteroatoms. The molecule has 3 aromatic carbocycles. The maximum atomic E-state index is 15.4. The Kier molecular flexibility index (Phi) is 9.39. The third-order valence-corrected chi connectivity index (χ3v) is 13.0. The van der Waals surface area contributed by atoms with Gasteiger partial charge in [0, 0.05) is 44.5 Å². The number of allylic oxidation sites excluding steroid dienone is 2. The number of methoxy groups -OCH3 is 2. The number of rotatable bonds is 7. The van der Waals surface area contributed by atoms with E-state index in [1.54, 1.807) is 12.1 Å². The minimum atomic E-state index is -2.77. The van der Waals surface area contributed by atoms with Gasteiger partial charge in [0.05, 0.1) is 37.8 Å². The molecule has 2 fully saturated rings. The molecule has 60 heavy (non-hydrogen) atoms. The molecule has 1 aliphatic carbocycles. The monoisotopic (exact) mass is 876 g/mol. The minimum absolute atomic E-state index is 0.0118. The average molecular weight is 878 g/mol. The van der Waals surface area contributed by atoms with Crippen molar-refractivity contribution in [3.8, 4) is 17.2 Å². The normalized spacial score (nSPS) is 22.2. The molecule has 4 heterocycles. The van der Waals surface area contributed by atoms with Crippen molar-refractivity contribution in [3.63, 3.8) is 0 Å².